The summed E-state index contributed by atoms with van der Waals surface area (Å²) < 4.78 is 2.51. The molecular formula is C69H65N3. The van der Waals surface area contributed by atoms with Crippen LogP contribution in [0.5, 0.6) is 0 Å². The first-order chi connectivity index (χ1) is 34.6. The van der Waals surface area contributed by atoms with Crippen LogP contribution >= 0.6 is 0 Å². The van der Waals surface area contributed by atoms with Gasteiger partial charge in [-0.2, -0.15) is 0 Å². The van der Waals surface area contributed by atoms with Gasteiger partial charge in [-0.3, -0.25) is 0 Å². The van der Waals surface area contributed by atoms with E-state index in [9.17, 15) is 0 Å². The van der Waals surface area contributed by atoms with Crippen molar-refractivity contribution in [2.45, 2.75) is 80.1 Å². The largest absolute Gasteiger partial charge is 0.355 e. The van der Waals surface area contributed by atoms with Crippen LogP contribution in [0.4, 0.5) is 28.4 Å². The van der Waals surface area contributed by atoms with Crippen LogP contribution < -0.4 is 10.2 Å². The van der Waals surface area contributed by atoms with Gasteiger partial charge in [0.15, 0.2) is 0 Å². The molecule has 11 rings (SSSR count). The van der Waals surface area contributed by atoms with Crippen LogP contribution in [0.25, 0.3) is 56.3 Å². The molecule has 0 atom stereocenters. The summed E-state index contributed by atoms with van der Waals surface area (Å²) in [5.74, 6) is 0. The van der Waals surface area contributed by atoms with E-state index in [1.165, 1.54) is 77.5 Å². The zero-order valence-electron chi connectivity index (χ0n) is 43.6. The smallest absolute Gasteiger partial charge is 0.0637 e. The number of nitrogens with zero attached hydrogens (tertiary/aromatic N) is 2. The fourth-order valence-electron chi connectivity index (χ4n) is 11.7. The van der Waals surface area contributed by atoms with Crippen LogP contribution in [-0.2, 0) is 10.8 Å². The molecule has 72 heavy (non-hydrogen) atoms. The Morgan fingerprint density at radius 3 is 1.99 bits per heavy atom. The van der Waals surface area contributed by atoms with Crippen LogP contribution in [0.3, 0.4) is 0 Å². The molecule has 0 saturated carbocycles. The van der Waals surface area contributed by atoms with Crippen molar-refractivity contribution in [2.75, 3.05) is 10.2 Å². The van der Waals surface area contributed by atoms with Gasteiger partial charge in [-0.15, -0.1) is 0 Å². The van der Waals surface area contributed by atoms with Crippen molar-refractivity contribution in [3.05, 3.63) is 244 Å². The number of hydrogen-bond acceptors (Lipinski definition) is 2. The number of allylic oxidation sites excluding steroid dienone is 5. The molecule has 0 fully saturated rings. The third kappa shape index (κ3) is 7.57. The van der Waals surface area contributed by atoms with Gasteiger partial charge in [0, 0.05) is 61.0 Å². The maximum atomic E-state index is 4.78. The fourth-order valence-corrected chi connectivity index (χ4v) is 11.7. The molecule has 3 nitrogen and oxygen atoms in total. The van der Waals surface area contributed by atoms with Gasteiger partial charge in [0.25, 0.3) is 0 Å². The Hall–Kier alpha value is -7.88. The van der Waals surface area contributed by atoms with Gasteiger partial charge in [0.05, 0.1) is 22.4 Å². The quantitative estimate of drug-likeness (QED) is 0.146. The van der Waals surface area contributed by atoms with Gasteiger partial charge in [-0.1, -0.05) is 189 Å². The van der Waals surface area contributed by atoms with E-state index in [2.05, 4.69) is 278 Å². The molecule has 0 bridgehead atoms. The fraction of sp³-hybridized carbons (Fsp3) is 0.188. The van der Waals surface area contributed by atoms with E-state index in [4.69, 9.17) is 6.58 Å². The number of aromatic nitrogens is 1. The molecule has 356 valence electrons. The Balaban J connectivity index is 1.24. The first-order valence-electron chi connectivity index (χ1n) is 25.6. The minimum absolute atomic E-state index is 0.0653. The Morgan fingerprint density at radius 1 is 0.611 bits per heavy atom. The van der Waals surface area contributed by atoms with E-state index in [-0.39, 0.29) is 10.8 Å². The zero-order chi connectivity index (χ0) is 50.3. The van der Waals surface area contributed by atoms with Gasteiger partial charge >= 0.3 is 0 Å². The summed E-state index contributed by atoms with van der Waals surface area (Å²) in [5.41, 5.74) is 24.2. The van der Waals surface area contributed by atoms with Crippen LogP contribution in [-0.4, -0.2) is 4.57 Å². The van der Waals surface area contributed by atoms with E-state index >= 15 is 0 Å². The summed E-state index contributed by atoms with van der Waals surface area (Å²) in [6.45, 7) is 27.7. The number of fused-ring (bicyclic) bond motifs is 9. The van der Waals surface area contributed by atoms with E-state index in [0.717, 1.165) is 50.8 Å². The highest BCUT2D eigenvalue weighted by atomic mass is 15.1. The Labute approximate surface area is 427 Å². The van der Waals surface area contributed by atoms with Crippen molar-refractivity contribution in [1.82, 2.24) is 4.57 Å². The SMILES string of the molecule is C=C(/C=C(\C=C/C)C(C)(C)C)c1ccc2c(c1Nc1ccccc1)C=Cc1c(cc(N(c3ccc(C)c(C)c3)c3ccc4c(c3)C(C)(C)c3ccccc3-4)c3c4ccccc4n(-c4ccccc4)c13)C2(C)C. The molecular weight excluding hydrogens is 871 g/mol. The molecule has 2 aliphatic carbocycles. The molecule has 3 heteroatoms. The highest BCUT2D eigenvalue weighted by molar-refractivity contribution is 6.20. The minimum atomic E-state index is -0.490. The van der Waals surface area contributed by atoms with Gasteiger partial charge < -0.3 is 14.8 Å². The molecule has 0 saturated heterocycles. The minimum Gasteiger partial charge on any atom is -0.355 e. The average Bonchev–Trinajstić information content (AvgIpc) is 3.79. The number of hydrogen-bond donors (Lipinski definition) is 1. The first-order valence-corrected chi connectivity index (χ1v) is 25.6. The lowest BCUT2D eigenvalue weighted by Crippen LogP contribution is -2.23. The molecule has 0 aliphatic heterocycles. The third-order valence-corrected chi connectivity index (χ3v) is 15.7. The zero-order valence-corrected chi connectivity index (χ0v) is 43.6. The van der Waals surface area contributed by atoms with Crippen molar-refractivity contribution < 1.29 is 0 Å². The summed E-state index contributed by atoms with van der Waals surface area (Å²) in [5, 5.41) is 6.37. The molecule has 8 aromatic carbocycles. The maximum absolute atomic E-state index is 4.78. The topological polar surface area (TPSA) is 20.2 Å². The average molecular weight is 936 g/mol. The van der Waals surface area contributed by atoms with Crippen molar-refractivity contribution in [3.8, 4) is 16.8 Å². The Bertz CT molecular complexity index is 3730. The molecule has 0 amide bonds. The second kappa shape index (κ2) is 17.5. The maximum Gasteiger partial charge on any atom is 0.0637 e. The summed E-state index contributed by atoms with van der Waals surface area (Å²) in [7, 11) is 0. The number of nitrogens with one attached hydrogen (secondary N) is 1. The summed E-state index contributed by atoms with van der Waals surface area (Å²) in [6.07, 6.45) is 11.4. The van der Waals surface area contributed by atoms with E-state index in [0.29, 0.717) is 0 Å². The number of rotatable bonds is 9. The van der Waals surface area contributed by atoms with E-state index in [1.807, 2.05) is 0 Å². The van der Waals surface area contributed by atoms with Crippen molar-refractivity contribution >= 4 is 68.0 Å². The number of anilines is 5. The molecule has 0 spiro atoms. The normalized spacial score (nSPS) is 14.5. The number of para-hydroxylation sites is 3. The van der Waals surface area contributed by atoms with Crippen molar-refractivity contribution in [3.63, 3.8) is 0 Å². The molecule has 1 aromatic heterocycles. The molecule has 0 radical (unpaired) electrons. The molecule has 9 aromatic rings. The highest BCUT2D eigenvalue weighted by Gasteiger charge is 2.38. The van der Waals surface area contributed by atoms with Crippen LogP contribution in [0.1, 0.15) is 105 Å². The van der Waals surface area contributed by atoms with Gasteiger partial charge in [-0.25, -0.2) is 0 Å². The lowest BCUT2D eigenvalue weighted by molar-refractivity contribution is 0.517. The number of aryl methyl sites for hydroxylation is 2. The van der Waals surface area contributed by atoms with E-state index < -0.39 is 5.41 Å². The van der Waals surface area contributed by atoms with E-state index in [1.54, 1.807) is 0 Å². The van der Waals surface area contributed by atoms with Crippen molar-refractivity contribution in [1.29, 1.82) is 0 Å². The second-order valence-corrected chi connectivity index (χ2v) is 22.0. The summed E-state index contributed by atoms with van der Waals surface area (Å²) >= 11 is 0. The Kier molecular flexibility index (Phi) is 11.3. The predicted octanol–water partition coefficient (Wildman–Crippen LogP) is 19.3. The van der Waals surface area contributed by atoms with Crippen LogP contribution in [0, 0.1) is 19.3 Å². The standard InChI is InChI=1S/C69H65N3/c1-12-23-47(67(5,6)7)40-46(4)52-38-39-59-55(65(52)70-48-24-15-13-16-25-48)36-37-56-61(69(59,10)11)43-63(64-57-29-20-22-31-62(57)72(66(56)64)49-26-17-14-18-27-49)71(50-33-32-44(2)45(3)41-50)51-34-35-54-53-28-19-21-30-58(53)68(8,9)60(54)42-51/h12-43,70H,4H2,1-3,5-11H3/b23-12-,47-40+. The van der Waals surface area contributed by atoms with Crippen molar-refractivity contribution in [2.24, 2.45) is 5.41 Å². The summed E-state index contributed by atoms with van der Waals surface area (Å²) in [6, 6.07) is 60.8. The molecule has 0 unspecified atom stereocenters. The third-order valence-electron chi connectivity index (χ3n) is 15.7. The Morgan fingerprint density at radius 2 is 1.25 bits per heavy atom. The molecule has 1 heterocycles. The molecule has 1 N–H and O–H groups in total. The second-order valence-electron chi connectivity index (χ2n) is 22.0. The van der Waals surface area contributed by atoms with Gasteiger partial charge in [0.2, 0.25) is 0 Å². The lowest BCUT2D eigenvalue weighted by atomic mass is 9.74. The van der Waals surface area contributed by atoms with Crippen LogP contribution in [0.2, 0.25) is 0 Å². The lowest BCUT2D eigenvalue weighted by Gasteiger charge is -2.34. The molecule has 2 aliphatic rings. The first kappa shape index (κ1) is 46.5. The summed E-state index contributed by atoms with van der Waals surface area (Å²) in [4.78, 5) is 2.56. The highest BCUT2D eigenvalue weighted by Crippen LogP contribution is 2.55. The predicted molar refractivity (Wildman–Crippen MR) is 311 cm³/mol. The van der Waals surface area contributed by atoms with Crippen LogP contribution in [0.15, 0.2) is 194 Å². The number of benzene rings is 8. The van der Waals surface area contributed by atoms with Gasteiger partial charge in [0.1, 0.15) is 0 Å². The monoisotopic (exact) mass is 936 g/mol. The van der Waals surface area contributed by atoms with Gasteiger partial charge in [-0.05, 0) is 143 Å².